The number of fused-ring (bicyclic) bond motifs is 2. The highest BCUT2D eigenvalue weighted by Crippen LogP contribution is 2.51. The van der Waals surface area contributed by atoms with Gasteiger partial charge in [-0.25, -0.2) is 0 Å². The first-order valence-electron chi connectivity index (χ1n) is 7.36. The predicted octanol–water partition coefficient (Wildman–Crippen LogP) is 4.86. The first kappa shape index (κ1) is 11.4. The van der Waals surface area contributed by atoms with Gasteiger partial charge in [0.1, 0.15) is 0 Å². The van der Waals surface area contributed by atoms with Crippen molar-refractivity contribution in [3.05, 3.63) is 0 Å². The Labute approximate surface area is 105 Å². The Morgan fingerprint density at radius 3 is 2.50 bits per heavy atom. The molecule has 0 nitrogen and oxygen atoms in total. The number of hydrogen-bond acceptors (Lipinski definition) is 0. The zero-order valence-corrected chi connectivity index (χ0v) is 11.3. The van der Waals surface area contributed by atoms with Crippen LogP contribution in [0.5, 0.6) is 0 Å². The van der Waals surface area contributed by atoms with E-state index in [1.54, 1.807) is 12.8 Å². The van der Waals surface area contributed by atoms with E-state index in [-0.39, 0.29) is 0 Å². The van der Waals surface area contributed by atoms with Gasteiger partial charge in [-0.2, -0.15) is 0 Å². The van der Waals surface area contributed by atoms with Crippen molar-refractivity contribution in [3.8, 4) is 0 Å². The van der Waals surface area contributed by atoms with Gasteiger partial charge in [0.25, 0.3) is 0 Å². The van der Waals surface area contributed by atoms with Gasteiger partial charge in [0.05, 0.1) is 0 Å². The van der Waals surface area contributed by atoms with Gasteiger partial charge in [-0.1, -0.05) is 13.3 Å². The summed E-state index contributed by atoms with van der Waals surface area (Å²) in [5, 5.41) is 0.496. The molecule has 6 unspecified atom stereocenters. The first-order valence-corrected chi connectivity index (χ1v) is 7.80. The van der Waals surface area contributed by atoms with E-state index < -0.39 is 0 Å². The molecule has 0 N–H and O–H groups in total. The van der Waals surface area contributed by atoms with Gasteiger partial charge >= 0.3 is 0 Å². The highest BCUT2D eigenvalue weighted by Gasteiger charge is 2.41. The Hall–Kier alpha value is 0.290. The fourth-order valence-electron chi connectivity index (χ4n) is 4.76. The molecule has 0 amide bonds. The average Bonchev–Trinajstić information content (AvgIpc) is 2.85. The molecule has 3 aliphatic rings. The average molecular weight is 241 g/mol. The largest absolute Gasteiger partial charge is 0.123 e. The molecule has 3 saturated carbocycles. The van der Waals surface area contributed by atoms with Crippen LogP contribution in [0.25, 0.3) is 0 Å². The summed E-state index contributed by atoms with van der Waals surface area (Å²) in [6.07, 6.45) is 11.7. The van der Waals surface area contributed by atoms with Crippen LogP contribution >= 0.6 is 11.6 Å². The van der Waals surface area contributed by atoms with Crippen molar-refractivity contribution in [3.63, 3.8) is 0 Å². The molecule has 2 bridgehead atoms. The first-order chi connectivity index (χ1) is 7.72. The van der Waals surface area contributed by atoms with Crippen LogP contribution in [0, 0.1) is 29.6 Å². The normalized spacial score (nSPS) is 52.1. The van der Waals surface area contributed by atoms with Crippen molar-refractivity contribution >= 4 is 11.6 Å². The van der Waals surface area contributed by atoms with Crippen LogP contribution in [0.3, 0.4) is 0 Å². The molecule has 0 radical (unpaired) electrons. The topological polar surface area (TPSA) is 0 Å². The maximum atomic E-state index is 6.53. The van der Waals surface area contributed by atoms with E-state index in [0.29, 0.717) is 5.38 Å². The van der Waals surface area contributed by atoms with Gasteiger partial charge in [0, 0.05) is 5.38 Å². The lowest BCUT2D eigenvalue weighted by molar-refractivity contribution is 0.206. The van der Waals surface area contributed by atoms with Crippen molar-refractivity contribution in [1.29, 1.82) is 0 Å². The maximum absolute atomic E-state index is 6.53. The Morgan fingerprint density at radius 2 is 1.81 bits per heavy atom. The quantitative estimate of drug-likeness (QED) is 0.605. The van der Waals surface area contributed by atoms with E-state index in [1.165, 1.54) is 38.5 Å². The van der Waals surface area contributed by atoms with Gasteiger partial charge in [0.2, 0.25) is 0 Å². The number of hydrogen-bond donors (Lipinski definition) is 0. The van der Waals surface area contributed by atoms with Crippen molar-refractivity contribution in [2.45, 2.75) is 63.7 Å². The Morgan fingerprint density at radius 1 is 0.938 bits per heavy atom. The lowest BCUT2D eigenvalue weighted by Gasteiger charge is -2.35. The van der Waals surface area contributed by atoms with E-state index in [0.717, 1.165) is 29.6 Å². The zero-order valence-electron chi connectivity index (χ0n) is 10.5. The molecule has 0 spiro atoms. The van der Waals surface area contributed by atoms with Crippen molar-refractivity contribution in [2.75, 3.05) is 0 Å². The van der Waals surface area contributed by atoms with Crippen LogP contribution < -0.4 is 0 Å². The summed E-state index contributed by atoms with van der Waals surface area (Å²) in [5.74, 6) is 5.01. The lowest BCUT2D eigenvalue weighted by Crippen LogP contribution is -2.27. The Balaban J connectivity index is 1.57. The third-order valence-electron chi connectivity index (χ3n) is 5.64. The van der Waals surface area contributed by atoms with Crippen LogP contribution in [0.15, 0.2) is 0 Å². The SMILES string of the molecule is CC1CCC(Cl)C(CC2CC3CCC2C3)C1. The van der Waals surface area contributed by atoms with E-state index in [4.69, 9.17) is 11.6 Å². The second kappa shape index (κ2) is 4.52. The lowest BCUT2D eigenvalue weighted by atomic mass is 9.74. The zero-order chi connectivity index (χ0) is 11.1. The summed E-state index contributed by atoms with van der Waals surface area (Å²) in [5.41, 5.74) is 0. The fraction of sp³-hybridized carbons (Fsp3) is 1.00. The van der Waals surface area contributed by atoms with Crippen LogP contribution in [-0.2, 0) is 0 Å². The number of halogens is 1. The molecule has 0 aromatic carbocycles. The van der Waals surface area contributed by atoms with Gasteiger partial charge in [-0.15, -0.1) is 11.6 Å². The summed E-state index contributed by atoms with van der Waals surface area (Å²) in [7, 11) is 0. The van der Waals surface area contributed by atoms with Crippen LogP contribution in [0.1, 0.15) is 58.3 Å². The molecule has 92 valence electrons. The highest BCUT2D eigenvalue weighted by molar-refractivity contribution is 6.20. The fourth-order valence-corrected chi connectivity index (χ4v) is 5.09. The molecule has 3 rings (SSSR count). The van der Waals surface area contributed by atoms with Crippen molar-refractivity contribution in [2.24, 2.45) is 29.6 Å². The van der Waals surface area contributed by atoms with Gasteiger partial charge in [-0.3, -0.25) is 0 Å². The molecule has 0 saturated heterocycles. The number of rotatable bonds is 2. The van der Waals surface area contributed by atoms with E-state index >= 15 is 0 Å². The monoisotopic (exact) mass is 240 g/mol. The molecule has 1 heteroatoms. The van der Waals surface area contributed by atoms with Crippen molar-refractivity contribution in [1.82, 2.24) is 0 Å². The molecule has 0 heterocycles. The van der Waals surface area contributed by atoms with E-state index in [1.807, 2.05) is 0 Å². The smallest absolute Gasteiger partial charge is 0.0364 e. The van der Waals surface area contributed by atoms with Crippen LogP contribution in [0.4, 0.5) is 0 Å². The molecular weight excluding hydrogens is 216 g/mol. The molecule has 3 aliphatic carbocycles. The van der Waals surface area contributed by atoms with Crippen LogP contribution in [-0.4, -0.2) is 5.38 Å². The standard InChI is InChI=1S/C15H25Cl/c1-10-2-5-15(16)14(6-10)9-13-8-11-3-4-12(13)7-11/h10-15H,2-9H2,1H3. The van der Waals surface area contributed by atoms with Gasteiger partial charge in [-0.05, 0) is 74.5 Å². The molecule has 0 aromatic heterocycles. The maximum Gasteiger partial charge on any atom is 0.0364 e. The summed E-state index contributed by atoms with van der Waals surface area (Å²) in [4.78, 5) is 0. The van der Waals surface area contributed by atoms with Gasteiger partial charge < -0.3 is 0 Å². The second-order valence-corrected chi connectivity index (χ2v) is 7.43. The summed E-state index contributed by atoms with van der Waals surface area (Å²) in [6, 6.07) is 0. The summed E-state index contributed by atoms with van der Waals surface area (Å²) >= 11 is 6.53. The predicted molar refractivity (Wildman–Crippen MR) is 69.7 cm³/mol. The third kappa shape index (κ3) is 2.15. The summed E-state index contributed by atoms with van der Waals surface area (Å²) < 4.78 is 0. The molecular formula is C15H25Cl. The molecule has 0 aromatic rings. The van der Waals surface area contributed by atoms with Crippen LogP contribution in [0.2, 0.25) is 0 Å². The van der Waals surface area contributed by atoms with E-state index in [9.17, 15) is 0 Å². The minimum atomic E-state index is 0.496. The number of alkyl halides is 1. The van der Waals surface area contributed by atoms with Crippen molar-refractivity contribution < 1.29 is 0 Å². The third-order valence-corrected chi connectivity index (χ3v) is 6.22. The Kier molecular flexibility index (Phi) is 3.21. The molecule has 16 heavy (non-hydrogen) atoms. The minimum Gasteiger partial charge on any atom is -0.123 e. The Bertz CT molecular complexity index is 250. The highest BCUT2D eigenvalue weighted by atomic mass is 35.5. The minimum absolute atomic E-state index is 0.496. The summed E-state index contributed by atoms with van der Waals surface area (Å²) in [6.45, 7) is 2.41. The molecule has 3 fully saturated rings. The van der Waals surface area contributed by atoms with Gasteiger partial charge in [0.15, 0.2) is 0 Å². The molecule has 6 atom stereocenters. The second-order valence-electron chi connectivity index (χ2n) is 6.86. The van der Waals surface area contributed by atoms with E-state index in [2.05, 4.69) is 6.92 Å². The molecule has 0 aliphatic heterocycles.